The second-order valence-corrected chi connectivity index (χ2v) is 8.38. The second kappa shape index (κ2) is 9.85. The maximum absolute atomic E-state index is 12.3. The van der Waals surface area contributed by atoms with Crippen LogP contribution in [0.15, 0.2) is 42.0 Å². The standard InChI is InChI=1S/C26H29NO6/c1-2-31-26(28)27-10-3-4-18(9-11-27)25(19-5-7-23-21(12-19)14-29-16-32-23)20-6-8-24-22(13-20)15-30-17-33-24/h5-8,12-13H,2-4,9-11,14-17H2,1H3. The highest BCUT2D eigenvalue weighted by atomic mass is 16.7. The van der Waals surface area contributed by atoms with E-state index in [1.165, 1.54) is 11.1 Å². The molecule has 0 saturated carbocycles. The SMILES string of the molecule is CCOC(=O)N1CCCC(=C(c2ccc3c(c2)COCO3)c2ccc3c(c2)COCO3)CC1. The highest BCUT2D eigenvalue weighted by molar-refractivity contribution is 5.83. The van der Waals surface area contributed by atoms with Gasteiger partial charge in [-0.25, -0.2) is 4.79 Å². The zero-order valence-electron chi connectivity index (χ0n) is 18.9. The third-order valence-electron chi connectivity index (χ3n) is 6.28. The van der Waals surface area contributed by atoms with Gasteiger partial charge in [0.1, 0.15) is 11.5 Å². The zero-order chi connectivity index (χ0) is 22.6. The van der Waals surface area contributed by atoms with E-state index in [0.717, 1.165) is 53.0 Å². The van der Waals surface area contributed by atoms with Crippen LogP contribution < -0.4 is 9.47 Å². The molecule has 174 valence electrons. The van der Waals surface area contributed by atoms with Crippen molar-refractivity contribution in [1.29, 1.82) is 0 Å². The molecule has 0 aromatic heterocycles. The Labute approximate surface area is 193 Å². The maximum Gasteiger partial charge on any atom is 0.409 e. The topological polar surface area (TPSA) is 66.5 Å². The molecule has 2 aromatic rings. The number of benzene rings is 2. The molecule has 3 heterocycles. The number of likely N-dealkylation sites (tertiary alicyclic amines) is 1. The van der Waals surface area contributed by atoms with E-state index in [1.54, 1.807) is 0 Å². The maximum atomic E-state index is 12.3. The molecule has 0 unspecified atom stereocenters. The number of rotatable bonds is 3. The normalized spacial score (nSPS) is 17.7. The average Bonchev–Trinajstić information content (AvgIpc) is 3.10. The number of hydrogen-bond acceptors (Lipinski definition) is 6. The number of hydrogen-bond donors (Lipinski definition) is 0. The van der Waals surface area contributed by atoms with E-state index in [2.05, 4.69) is 24.3 Å². The van der Waals surface area contributed by atoms with E-state index in [0.29, 0.717) is 32.9 Å². The van der Waals surface area contributed by atoms with Gasteiger partial charge in [-0.05, 0) is 67.2 Å². The highest BCUT2D eigenvalue weighted by Crippen LogP contribution is 2.37. The summed E-state index contributed by atoms with van der Waals surface area (Å²) in [5.41, 5.74) is 6.87. The number of carbonyl (C=O) groups is 1. The first kappa shape index (κ1) is 21.8. The number of carbonyl (C=O) groups excluding carboxylic acids is 1. The van der Waals surface area contributed by atoms with E-state index in [9.17, 15) is 4.79 Å². The van der Waals surface area contributed by atoms with Gasteiger partial charge in [-0.2, -0.15) is 0 Å². The molecule has 7 heteroatoms. The van der Waals surface area contributed by atoms with Crippen LogP contribution in [-0.4, -0.2) is 44.3 Å². The van der Waals surface area contributed by atoms with Crippen molar-refractivity contribution in [2.75, 3.05) is 33.3 Å². The van der Waals surface area contributed by atoms with Gasteiger partial charge in [-0.15, -0.1) is 0 Å². The van der Waals surface area contributed by atoms with Gasteiger partial charge in [-0.1, -0.05) is 17.7 Å². The summed E-state index contributed by atoms with van der Waals surface area (Å²) in [5.74, 6) is 1.74. The van der Waals surface area contributed by atoms with Crippen molar-refractivity contribution < 1.29 is 28.5 Å². The lowest BCUT2D eigenvalue weighted by atomic mass is 9.88. The van der Waals surface area contributed by atoms with Gasteiger partial charge in [0.2, 0.25) is 0 Å². The van der Waals surface area contributed by atoms with Crippen molar-refractivity contribution in [3.8, 4) is 11.5 Å². The Kier molecular flexibility index (Phi) is 6.51. The number of nitrogens with zero attached hydrogens (tertiary/aromatic N) is 1. The summed E-state index contributed by atoms with van der Waals surface area (Å²) in [6.07, 6.45) is 2.37. The molecule has 0 bridgehead atoms. The second-order valence-electron chi connectivity index (χ2n) is 8.38. The average molecular weight is 452 g/mol. The van der Waals surface area contributed by atoms with E-state index in [1.807, 2.05) is 24.0 Å². The minimum atomic E-state index is -0.230. The van der Waals surface area contributed by atoms with Gasteiger partial charge in [-0.3, -0.25) is 0 Å². The molecule has 3 aliphatic rings. The van der Waals surface area contributed by atoms with Gasteiger partial charge >= 0.3 is 6.09 Å². The van der Waals surface area contributed by atoms with E-state index >= 15 is 0 Å². The van der Waals surface area contributed by atoms with E-state index in [4.69, 9.17) is 23.7 Å². The molecule has 0 atom stereocenters. The largest absolute Gasteiger partial charge is 0.467 e. The Morgan fingerprint density at radius 1 is 0.909 bits per heavy atom. The van der Waals surface area contributed by atoms with Crippen molar-refractivity contribution >= 4 is 11.7 Å². The van der Waals surface area contributed by atoms with Gasteiger partial charge < -0.3 is 28.6 Å². The monoisotopic (exact) mass is 451 g/mol. The molecule has 0 radical (unpaired) electrons. The van der Waals surface area contributed by atoms with Crippen LogP contribution in [0.25, 0.3) is 5.57 Å². The Morgan fingerprint density at radius 3 is 2.15 bits per heavy atom. The summed E-state index contributed by atoms with van der Waals surface area (Å²) in [5, 5.41) is 0. The van der Waals surface area contributed by atoms with Crippen LogP contribution in [0.5, 0.6) is 11.5 Å². The molecule has 1 saturated heterocycles. The van der Waals surface area contributed by atoms with Crippen molar-refractivity contribution in [3.63, 3.8) is 0 Å². The number of ether oxygens (including phenoxy) is 5. The molecule has 33 heavy (non-hydrogen) atoms. The lowest BCUT2D eigenvalue weighted by Gasteiger charge is -2.23. The van der Waals surface area contributed by atoms with Gasteiger partial charge in [0.25, 0.3) is 0 Å². The van der Waals surface area contributed by atoms with Crippen molar-refractivity contribution in [2.24, 2.45) is 0 Å². The molecule has 0 N–H and O–H groups in total. The Bertz CT molecular complexity index is 1000. The Balaban J connectivity index is 1.55. The fraction of sp³-hybridized carbons (Fsp3) is 0.423. The van der Waals surface area contributed by atoms with Crippen molar-refractivity contribution in [2.45, 2.75) is 39.4 Å². The number of fused-ring (bicyclic) bond motifs is 2. The van der Waals surface area contributed by atoms with E-state index < -0.39 is 0 Å². The minimum absolute atomic E-state index is 0.230. The molecule has 0 spiro atoms. The zero-order valence-corrected chi connectivity index (χ0v) is 18.9. The van der Waals surface area contributed by atoms with Crippen LogP contribution in [0.4, 0.5) is 4.79 Å². The van der Waals surface area contributed by atoms with Gasteiger partial charge in [0.05, 0.1) is 19.8 Å². The summed E-state index contributed by atoms with van der Waals surface area (Å²) in [6.45, 7) is 5.22. The molecular formula is C26H29NO6. The van der Waals surface area contributed by atoms with Gasteiger partial charge in [0.15, 0.2) is 13.6 Å². The number of amides is 1. The fourth-order valence-electron chi connectivity index (χ4n) is 4.70. The highest BCUT2D eigenvalue weighted by Gasteiger charge is 2.23. The predicted molar refractivity (Wildman–Crippen MR) is 122 cm³/mol. The van der Waals surface area contributed by atoms with Crippen LogP contribution in [0.1, 0.15) is 48.4 Å². The Morgan fingerprint density at radius 2 is 1.55 bits per heavy atom. The predicted octanol–water partition coefficient (Wildman–Crippen LogP) is 4.86. The molecule has 3 aliphatic heterocycles. The molecular weight excluding hydrogens is 422 g/mol. The van der Waals surface area contributed by atoms with E-state index in [-0.39, 0.29) is 19.7 Å². The molecule has 7 nitrogen and oxygen atoms in total. The lowest BCUT2D eigenvalue weighted by Crippen LogP contribution is -2.32. The minimum Gasteiger partial charge on any atom is -0.467 e. The first-order valence-corrected chi connectivity index (χ1v) is 11.5. The van der Waals surface area contributed by atoms with Crippen molar-refractivity contribution in [3.05, 3.63) is 64.2 Å². The smallest absolute Gasteiger partial charge is 0.409 e. The van der Waals surface area contributed by atoms with Crippen LogP contribution in [-0.2, 0) is 27.4 Å². The quantitative estimate of drug-likeness (QED) is 0.664. The first-order chi connectivity index (χ1) is 16.2. The summed E-state index contributed by atoms with van der Waals surface area (Å²) < 4.78 is 27.5. The summed E-state index contributed by atoms with van der Waals surface area (Å²) in [6, 6.07) is 12.6. The third-order valence-corrected chi connectivity index (χ3v) is 6.28. The van der Waals surface area contributed by atoms with Crippen LogP contribution in [0, 0.1) is 0 Å². The third kappa shape index (κ3) is 4.70. The summed E-state index contributed by atoms with van der Waals surface area (Å²) >= 11 is 0. The molecule has 1 amide bonds. The first-order valence-electron chi connectivity index (χ1n) is 11.5. The van der Waals surface area contributed by atoms with Crippen LogP contribution in [0.2, 0.25) is 0 Å². The van der Waals surface area contributed by atoms with Crippen LogP contribution >= 0.6 is 0 Å². The molecule has 0 aliphatic carbocycles. The molecule has 2 aromatic carbocycles. The molecule has 1 fully saturated rings. The fourth-order valence-corrected chi connectivity index (χ4v) is 4.70. The van der Waals surface area contributed by atoms with Crippen LogP contribution in [0.3, 0.4) is 0 Å². The summed E-state index contributed by atoms with van der Waals surface area (Å²) in [4.78, 5) is 14.1. The van der Waals surface area contributed by atoms with Gasteiger partial charge in [0, 0.05) is 24.2 Å². The summed E-state index contributed by atoms with van der Waals surface area (Å²) in [7, 11) is 0. The molecule has 5 rings (SSSR count). The lowest BCUT2D eigenvalue weighted by molar-refractivity contribution is -0.0164. The van der Waals surface area contributed by atoms with Crippen molar-refractivity contribution in [1.82, 2.24) is 4.90 Å². The Hall–Kier alpha value is -3.03.